The zero-order valence-corrected chi connectivity index (χ0v) is 11.9. The van der Waals surface area contributed by atoms with Gasteiger partial charge in [0.05, 0.1) is 20.0 Å². The van der Waals surface area contributed by atoms with E-state index < -0.39 is 9.84 Å². The summed E-state index contributed by atoms with van der Waals surface area (Å²) in [5.41, 5.74) is 0.381. The van der Waals surface area contributed by atoms with E-state index in [0.717, 1.165) is 6.26 Å². The number of carbonyl (C=O) groups excluding carboxylic acids is 1. The molecule has 0 radical (unpaired) electrons. The number of methoxy groups -OCH3 is 2. The minimum absolute atomic E-state index is 0.0754. The van der Waals surface area contributed by atoms with Crippen LogP contribution in [0.15, 0.2) is 18.2 Å². The molecule has 106 valence electrons. The van der Waals surface area contributed by atoms with E-state index in [1.165, 1.54) is 20.3 Å². The first-order chi connectivity index (χ1) is 8.87. The smallest absolute Gasteiger partial charge is 0.251 e. The summed E-state index contributed by atoms with van der Waals surface area (Å²) in [6, 6.07) is 4.73. The highest BCUT2D eigenvalue weighted by molar-refractivity contribution is 7.90. The Labute approximate surface area is 112 Å². The van der Waals surface area contributed by atoms with Crippen LogP contribution in [0.4, 0.5) is 0 Å². The summed E-state index contributed by atoms with van der Waals surface area (Å²) in [5, 5.41) is 2.53. The fourth-order valence-corrected chi connectivity index (χ4v) is 1.90. The van der Waals surface area contributed by atoms with Gasteiger partial charge in [-0.15, -0.1) is 0 Å². The molecule has 0 fully saturated rings. The standard InChI is InChI=1S/C12H17NO5S/c1-17-10-5-4-9(8-11(10)18-2)12(14)13-6-7-19(3,15)16/h4-5,8H,6-7H2,1-3H3,(H,13,14). The number of ether oxygens (including phenoxy) is 2. The van der Waals surface area contributed by atoms with Gasteiger partial charge in [0.15, 0.2) is 11.5 Å². The van der Waals surface area contributed by atoms with Gasteiger partial charge in [0.25, 0.3) is 5.91 Å². The van der Waals surface area contributed by atoms with E-state index in [0.29, 0.717) is 17.1 Å². The highest BCUT2D eigenvalue weighted by atomic mass is 32.2. The molecular formula is C12H17NO5S. The van der Waals surface area contributed by atoms with Crippen molar-refractivity contribution in [2.24, 2.45) is 0 Å². The maximum atomic E-state index is 11.8. The second-order valence-corrected chi connectivity index (χ2v) is 6.22. The summed E-state index contributed by atoms with van der Waals surface area (Å²) in [4.78, 5) is 11.8. The third-order valence-electron chi connectivity index (χ3n) is 2.40. The fraction of sp³-hybridized carbons (Fsp3) is 0.417. The normalized spacial score (nSPS) is 10.9. The maximum absolute atomic E-state index is 11.8. The predicted molar refractivity (Wildman–Crippen MR) is 71.6 cm³/mol. The lowest BCUT2D eigenvalue weighted by molar-refractivity contribution is 0.0955. The van der Waals surface area contributed by atoms with Crippen LogP contribution in [0.25, 0.3) is 0 Å². The first-order valence-electron chi connectivity index (χ1n) is 5.55. The van der Waals surface area contributed by atoms with Crippen LogP contribution in [0, 0.1) is 0 Å². The van der Waals surface area contributed by atoms with Gasteiger partial charge in [-0.25, -0.2) is 8.42 Å². The zero-order valence-electron chi connectivity index (χ0n) is 11.1. The second kappa shape index (κ2) is 6.42. The number of rotatable bonds is 6. The molecule has 0 atom stereocenters. The number of hydrogen-bond acceptors (Lipinski definition) is 5. The molecular weight excluding hydrogens is 270 g/mol. The van der Waals surface area contributed by atoms with Crippen molar-refractivity contribution < 1.29 is 22.7 Å². The Morgan fingerprint density at radius 3 is 2.37 bits per heavy atom. The monoisotopic (exact) mass is 287 g/mol. The number of benzene rings is 1. The largest absolute Gasteiger partial charge is 0.493 e. The van der Waals surface area contributed by atoms with Crippen molar-refractivity contribution in [1.82, 2.24) is 5.32 Å². The maximum Gasteiger partial charge on any atom is 0.251 e. The average Bonchev–Trinajstić information content (AvgIpc) is 2.36. The molecule has 0 bridgehead atoms. The van der Waals surface area contributed by atoms with E-state index in [4.69, 9.17) is 9.47 Å². The van der Waals surface area contributed by atoms with Crippen molar-refractivity contribution in [2.45, 2.75) is 0 Å². The van der Waals surface area contributed by atoms with Gasteiger partial charge in [0.1, 0.15) is 9.84 Å². The number of amides is 1. The van der Waals surface area contributed by atoms with Crippen molar-refractivity contribution >= 4 is 15.7 Å². The molecule has 0 saturated heterocycles. The summed E-state index contributed by atoms with van der Waals surface area (Å²) in [5.74, 6) is 0.518. The van der Waals surface area contributed by atoms with Gasteiger partial charge in [-0.2, -0.15) is 0 Å². The highest BCUT2D eigenvalue weighted by Gasteiger charge is 2.11. The van der Waals surface area contributed by atoms with Gasteiger partial charge >= 0.3 is 0 Å². The van der Waals surface area contributed by atoms with E-state index in [9.17, 15) is 13.2 Å². The molecule has 0 spiro atoms. The SMILES string of the molecule is COc1ccc(C(=O)NCCS(C)(=O)=O)cc1OC. The second-order valence-electron chi connectivity index (χ2n) is 3.96. The van der Waals surface area contributed by atoms with E-state index >= 15 is 0 Å². The van der Waals surface area contributed by atoms with Gasteiger partial charge in [-0.05, 0) is 18.2 Å². The Bertz CT molecular complexity index is 553. The van der Waals surface area contributed by atoms with Crippen molar-refractivity contribution in [3.8, 4) is 11.5 Å². The Morgan fingerprint density at radius 1 is 1.21 bits per heavy atom. The van der Waals surface area contributed by atoms with E-state index in [-0.39, 0.29) is 18.2 Å². The minimum atomic E-state index is -3.08. The molecule has 1 aromatic rings. The summed E-state index contributed by atoms with van der Waals surface area (Å²) < 4.78 is 32.0. The number of carbonyl (C=O) groups is 1. The zero-order chi connectivity index (χ0) is 14.5. The minimum Gasteiger partial charge on any atom is -0.493 e. The summed E-state index contributed by atoms with van der Waals surface area (Å²) >= 11 is 0. The van der Waals surface area contributed by atoms with Crippen LogP contribution in [-0.2, 0) is 9.84 Å². The lowest BCUT2D eigenvalue weighted by Crippen LogP contribution is -2.28. The Balaban J connectivity index is 2.72. The summed E-state index contributed by atoms with van der Waals surface area (Å²) in [7, 11) is -0.106. The first-order valence-corrected chi connectivity index (χ1v) is 7.61. The molecule has 1 N–H and O–H groups in total. The molecule has 6 nitrogen and oxygen atoms in total. The van der Waals surface area contributed by atoms with Crippen LogP contribution in [0.3, 0.4) is 0 Å². The molecule has 1 aromatic carbocycles. The van der Waals surface area contributed by atoms with Gasteiger partial charge in [-0.3, -0.25) is 4.79 Å². The van der Waals surface area contributed by atoms with Gasteiger partial charge in [-0.1, -0.05) is 0 Å². The molecule has 0 aromatic heterocycles. The van der Waals surface area contributed by atoms with Crippen molar-refractivity contribution in [3.05, 3.63) is 23.8 Å². The lowest BCUT2D eigenvalue weighted by atomic mass is 10.2. The predicted octanol–water partition coefficient (Wildman–Crippen LogP) is 0.478. The van der Waals surface area contributed by atoms with Crippen LogP contribution in [0.2, 0.25) is 0 Å². The quantitative estimate of drug-likeness (QED) is 0.823. The molecule has 0 unspecified atom stereocenters. The van der Waals surface area contributed by atoms with Gasteiger partial charge in [0.2, 0.25) is 0 Å². The molecule has 1 amide bonds. The molecule has 19 heavy (non-hydrogen) atoms. The van der Waals surface area contributed by atoms with Crippen LogP contribution in [0.5, 0.6) is 11.5 Å². The van der Waals surface area contributed by atoms with Gasteiger partial charge in [0, 0.05) is 18.4 Å². The molecule has 0 saturated carbocycles. The molecule has 7 heteroatoms. The van der Waals surface area contributed by atoms with Crippen LogP contribution in [-0.4, -0.2) is 47.1 Å². The van der Waals surface area contributed by atoms with Crippen LogP contribution >= 0.6 is 0 Å². The lowest BCUT2D eigenvalue weighted by Gasteiger charge is -2.09. The number of nitrogens with one attached hydrogen (secondary N) is 1. The van der Waals surface area contributed by atoms with Gasteiger partial charge < -0.3 is 14.8 Å². The fourth-order valence-electron chi connectivity index (χ4n) is 1.43. The first kappa shape index (κ1) is 15.3. The summed E-state index contributed by atoms with van der Waals surface area (Å²) in [6.07, 6.45) is 1.12. The molecule has 0 aliphatic carbocycles. The van der Waals surface area contributed by atoms with Crippen molar-refractivity contribution in [2.75, 3.05) is 32.8 Å². The summed E-state index contributed by atoms with van der Waals surface area (Å²) in [6.45, 7) is 0.0754. The Kier molecular flexibility index (Phi) is 5.17. The molecule has 0 aliphatic heterocycles. The van der Waals surface area contributed by atoms with Crippen molar-refractivity contribution in [3.63, 3.8) is 0 Å². The van der Waals surface area contributed by atoms with Crippen LogP contribution in [0.1, 0.15) is 10.4 Å². The molecule has 0 aliphatic rings. The topological polar surface area (TPSA) is 81.7 Å². The van der Waals surface area contributed by atoms with Crippen molar-refractivity contribution in [1.29, 1.82) is 0 Å². The number of hydrogen-bond donors (Lipinski definition) is 1. The average molecular weight is 287 g/mol. The van der Waals surface area contributed by atoms with E-state index in [1.807, 2.05) is 0 Å². The molecule has 1 rings (SSSR count). The third kappa shape index (κ3) is 4.78. The Hall–Kier alpha value is -1.76. The van der Waals surface area contributed by atoms with E-state index in [2.05, 4.69) is 5.32 Å². The third-order valence-corrected chi connectivity index (χ3v) is 3.35. The Morgan fingerprint density at radius 2 is 1.84 bits per heavy atom. The van der Waals surface area contributed by atoms with E-state index in [1.54, 1.807) is 12.1 Å². The molecule has 0 heterocycles. The number of sulfone groups is 1. The highest BCUT2D eigenvalue weighted by Crippen LogP contribution is 2.27. The van der Waals surface area contributed by atoms with Crippen LogP contribution < -0.4 is 14.8 Å².